The van der Waals surface area contributed by atoms with E-state index in [1.165, 1.54) is 428 Å². The maximum absolute atomic E-state index is 5.35. The lowest BCUT2D eigenvalue weighted by Gasteiger charge is -2.15. The van der Waals surface area contributed by atoms with Gasteiger partial charge in [0.2, 0.25) is 6.58 Å². The van der Waals surface area contributed by atoms with Gasteiger partial charge < -0.3 is 0 Å². The van der Waals surface area contributed by atoms with E-state index in [2.05, 4.69) is 176 Å². The lowest BCUT2D eigenvalue weighted by Crippen LogP contribution is -1.96. The summed E-state index contributed by atoms with van der Waals surface area (Å²) in [4.78, 5) is 0. The van der Waals surface area contributed by atoms with Gasteiger partial charge in [-0.2, -0.15) is 0 Å². The number of fused-ring (bicyclic) bond motifs is 3. The summed E-state index contributed by atoms with van der Waals surface area (Å²) in [6.45, 7) is 21.8. The van der Waals surface area contributed by atoms with Gasteiger partial charge in [0.1, 0.15) is 0 Å². The summed E-state index contributed by atoms with van der Waals surface area (Å²) in [6, 6.07) is 47.0. The molecule has 6 rings (SSSR count). The van der Waals surface area contributed by atoms with E-state index in [1.54, 1.807) is 6.08 Å². The van der Waals surface area contributed by atoms with E-state index in [4.69, 9.17) is 6.58 Å². The highest BCUT2D eigenvalue weighted by atomic mass is 14.2. The van der Waals surface area contributed by atoms with Crippen molar-refractivity contribution in [3.63, 3.8) is 0 Å². The molecular formula is C102H167+. The van der Waals surface area contributed by atoms with Crippen molar-refractivity contribution in [2.24, 2.45) is 0 Å². The molecule has 0 heteroatoms. The van der Waals surface area contributed by atoms with Crippen LogP contribution in [0.4, 0.5) is 0 Å². The van der Waals surface area contributed by atoms with Gasteiger partial charge in [-0.1, -0.05) is 529 Å². The second kappa shape index (κ2) is 68.6. The van der Waals surface area contributed by atoms with Crippen LogP contribution in [0.2, 0.25) is 0 Å². The Morgan fingerprint density at radius 3 is 0.588 bits per heavy atom. The van der Waals surface area contributed by atoms with Crippen molar-refractivity contribution in [2.75, 3.05) is 0 Å². The molecule has 0 aliphatic rings. The molecule has 3 atom stereocenters. The molecule has 574 valence electrons. The summed E-state index contributed by atoms with van der Waals surface area (Å²) in [5, 5.41) is 8.22. The Kier molecular flexibility index (Phi) is 61.8. The highest BCUT2D eigenvalue weighted by Gasteiger charge is 2.11. The minimum absolute atomic E-state index is 0.667. The van der Waals surface area contributed by atoms with Crippen LogP contribution in [0.15, 0.2) is 133 Å². The monoisotopic (exact) mass is 1390 g/mol. The molecule has 0 saturated heterocycles. The summed E-state index contributed by atoms with van der Waals surface area (Å²) in [5.41, 5.74) is 4.57. The van der Waals surface area contributed by atoms with E-state index in [1.807, 2.05) is 0 Å². The van der Waals surface area contributed by atoms with Gasteiger partial charge in [0.15, 0.2) is 6.08 Å². The highest BCUT2D eigenvalue weighted by Crippen LogP contribution is 2.31. The van der Waals surface area contributed by atoms with Gasteiger partial charge in [-0.25, -0.2) is 0 Å². The van der Waals surface area contributed by atoms with Crippen LogP contribution in [0.5, 0.6) is 0 Å². The normalized spacial score (nSPS) is 12.2. The zero-order chi connectivity index (χ0) is 72.9. The maximum Gasteiger partial charge on any atom is 0.201 e. The number of benzene rings is 6. The minimum Gasteiger partial charge on any atom is -0.0654 e. The lowest BCUT2D eigenvalue weighted by molar-refractivity contribution is 0.524. The highest BCUT2D eigenvalue weighted by molar-refractivity contribution is 5.85. The first-order valence-electron chi connectivity index (χ1n) is 45.3. The van der Waals surface area contributed by atoms with Gasteiger partial charge in [-0.3, -0.25) is 0 Å². The molecule has 0 fully saturated rings. The van der Waals surface area contributed by atoms with Gasteiger partial charge in [0.25, 0.3) is 0 Å². The quantitative estimate of drug-likeness (QED) is 0.0264. The average molecular weight is 1390 g/mol. The van der Waals surface area contributed by atoms with E-state index < -0.39 is 0 Å². The molecule has 102 heavy (non-hydrogen) atoms. The Morgan fingerprint density at radius 1 is 0.206 bits per heavy atom. The molecule has 0 spiro atoms. The van der Waals surface area contributed by atoms with Crippen LogP contribution in [0.25, 0.3) is 32.3 Å². The first kappa shape index (κ1) is 92.0. The summed E-state index contributed by atoms with van der Waals surface area (Å²) in [7, 11) is 0. The largest absolute Gasteiger partial charge is 0.201 e. The van der Waals surface area contributed by atoms with Crippen LogP contribution in [0, 0.1) is 6.58 Å². The van der Waals surface area contributed by atoms with E-state index in [0.29, 0.717) is 17.8 Å². The molecule has 6 aromatic rings. The van der Waals surface area contributed by atoms with Crippen molar-refractivity contribution < 1.29 is 0 Å². The molecule has 0 saturated carbocycles. The lowest BCUT2D eigenvalue weighted by atomic mass is 9.90. The van der Waals surface area contributed by atoms with Gasteiger partial charge in [-0.05, 0) is 92.4 Å². The van der Waals surface area contributed by atoms with Gasteiger partial charge in [0, 0.05) is 6.42 Å². The number of rotatable bonds is 63. The van der Waals surface area contributed by atoms with Gasteiger partial charge >= 0.3 is 0 Å². The third kappa shape index (κ3) is 50.3. The summed E-state index contributed by atoms with van der Waals surface area (Å²) < 4.78 is 0. The Morgan fingerprint density at radius 2 is 0.373 bits per heavy atom. The second-order valence-electron chi connectivity index (χ2n) is 32.3. The van der Waals surface area contributed by atoms with E-state index in [-0.39, 0.29) is 0 Å². The zero-order valence-electron chi connectivity index (χ0n) is 68.9. The molecule has 0 nitrogen and oxygen atoms in total. The Bertz CT molecular complexity index is 2600. The molecule has 6 aromatic carbocycles. The third-order valence-corrected chi connectivity index (χ3v) is 22.7. The Hall–Kier alpha value is -4.25. The van der Waals surface area contributed by atoms with Crippen molar-refractivity contribution in [3.05, 3.63) is 157 Å². The maximum atomic E-state index is 5.35. The topological polar surface area (TPSA) is 0 Å². The van der Waals surface area contributed by atoms with Crippen LogP contribution >= 0.6 is 0 Å². The molecule has 3 unspecified atom stereocenters. The smallest absolute Gasteiger partial charge is 0.0654 e. The number of hydrogen-bond donors (Lipinski definition) is 0. The predicted molar refractivity (Wildman–Crippen MR) is 466 cm³/mol. The third-order valence-electron chi connectivity index (χ3n) is 22.7. The Labute approximate surface area is 636 Å². The van der Waals surface area contributed by atoms with Crippen molar-refractivity contribution in [1.29, 1.82) is 0 Å². The van der Waals surface area contributed by atoms with Crippen LogP contribution in [0.3, 0.4) is 0 Å². The molecular weight excluding hydrogens is 1230 g/mol. The van der Waals surface area contributed by atoms with Crippen LogP contribution in [0.1, 0.15) is 468 Å². The molecule has 0 heterocycles. The zero-order valence-corrected chi connectivity index (χ0v) is 68.9. The molecule has 0 bridgehead atoms. The van der Waals surface area contributed by atoms with Gasteiger partial charge in [0.05, 0.1) is 0 Å². The fourth-order valence-corrected chi connectivity index (χ4v) is 15.4. The van der Waals surface area contributed by atoms with Crippen LogP contribution in [-0.4, -0.2) is 0 Å². The van der Waals surface area contributed by atoms with E-state index in [0.717, 1.165) is 6.42 Å². The number of unbranched alkanes of at least 4 members (excludes halogenated alkanes) is 53. The van der Waals surface area contributed by atoms with E-state index in [9.17, 15) is 0 Å². The fraction of sp³-hybridized carbons (Fsp3) is 0.686. The fourth-order valence-electron chi connectivity index (χ4n) is 15.4. The summed E-state index contributed by atoms with van der Waals surface area (Å²) >= 11 is 0. The second-order valence-corrected chi connectivity index (χ2v) is 32.3. The van der Waals surface area contributed by atoms with Crippen LogP contribution in [-0.2, 0) is 0 Å². The first-order valence-corrected chi connectivity index (χ1v) is 45.3. The molecule has 0 aliphatic heterocycles. The van der Waals surface area contributed by atoms with Gasteiger partial charge in [-0.15, -0.1) is 0 Å². The van der Waals surface area contributed by atoms with Crippen molar-refractivity contribution >= 4 is 32.3 Å². The molecule has 0 aromatic heterocycles. The van der Waals surface area contributed by atoms with Crippen molar-refractivity contribution in [3.8, 4) is 0 Å². The molecule has 0 N–H and O–H groups in total. The number of allylic oxidation sites excluding steroid dienone is 1. The summed E-state index contributed by atoms with van der Waals surface area (Å²) in [6.07, 6.45) is 87.4. The predicted octanol–water partition coefficient (Wildman–Crippen LogP) is 36.3. The average Bonchev–Trinajstić information content (AvgIpc) is 0.827. The minimum atomic E-state index is 0.667. The number of hydrogen-bond acceptors (Lipinski definition) is 0. The molecule has 0 amide bonds. The Balaban J connectivity index is 0.000000404. The molecule has 0 aliphatic carbocycles. The standard InChI is InChI=1S/C46H80.C28H44.C18H35.C10H8/c1-5-7-9-11-13-15-17-19-21-23-25-27-29-31-33-41(3)43-35-37-46-40-44(36-38-45(46)39-43)42(4)34-32-30-28-26-24-22-20-18-16-14-12-10-8-6-2;1-3-4-5-6-7-8-9-10-11-12-13-14-15-16-19-25(2)27-23-22-26-20-17-18-21-28(26)24-27;1-3-5-7-9-11-13-15-17-18-16-14-12-10-8-6-4-2;1-2-6-10-8-4-3-7-9(10)5-1/h35-42H,5-34H2,1-4H3;17-18,20-25H,3-16,19H2,1-2H3;1,3H,4-18H2,2H3;1-8H/q;;+1;. The SMILES string of the molecule is CCCCCCCCCCCCCCCCC(C)c1ccc2cc(C(C)CCCCCCCCCCCCCCCC)ccc2c1.CCCCCCCCCCCCCCCCC(C)c1ccc2ccccc2c1.[CH+]=CCCCCCCCCCCCCCCCC.c1ccc2ccccc2c1. The first-order chi connectivity index (χ1) is 50.3. The molecule has 0 radical (unpaired) electrons. The van der Waals surface area contributed by atoms with Crippen molar-refractivity contribution in [2.45, 2.75) is 451 Å². The van der Waals surface area contributed by atoms with Crippen LogP contribution < -0.4 is 0 Å². The van der Waals surface area contributed by atoms with E-state index >= 15 is 0 Å². The summed E-state index contributed by atoms with van der Waals surface area (Å²) in [5.74, 6) is 2.02. The van der Waals surface area contributed by atoms with Crippen molar-refractivity contribution in [1.82, 2.24) is 0 Å².